The molecule has 0 heterocycles. The van der Waals surface area contributed by atoms with Gasteiger partial charge in [-0.1, -0.05) is 62.9 Å². The maximum atomic E-state index is 11.2. The van der Waals surface area contributed by atoms with Gasteiger partial charge in [-0.3, -0.25) is 4.79 Å². The van der Waals surface area contributed by atoms with Crippen LogP contribution in [0, 0.1) is 0 Å². The molecule has 1 unspecified atom stereocenters. The van der Waals surface area contributed by atoms with Gasteiger partial charge in [0.2, 0.25) is 0 Å². The van der Waals surface area contributed by atoms with Crippen LogP contribution in [0.4, 0.5) is 0 Å². The summed E-state index contributed by atoms with van der Waals surface area (Å²) in [5, 5.41) is 0. The summed E-state index contributed by atoms with van der Waals surface area (Å²) in [6.45, 7) is 3.71. The van der Waals surface area contributed by atoms with Gasteiger partial charge >= 0.3 is 5.97 Å². The molecule has 0 spiro atoms. The van der Waals surface area contributed by atoms with Gasteiger partial charge < -0.3 is 4.74 Å². The zero-order chi connectivity index (χ0) is 13.9. The number of hydrogen-bond acceptors (Lipinski definition) is 2. The molecule has 1 aromatic rings. The molecule has 0 amide bonds. The van der Waals surface area contributed by atoms with Crippen LogP contribution >= 0.6 is 0 Å². The first-order chi connectivity index (χ1) is 9.22. The van der Waals surface area contributed by atoms with Crippen LogP contribution in [0.25, 0.3) is 0 Å². The molecule has 106 valence electrons. The molecule has 0 aliphatic heterocycles. The average Bonchev–Trinajstić information content (AvgIpc) is 2.39. The van der Waals surface area contributed by atoms with E-state index < -0.39 is 0 Å². The monoisotopic (exact) mass is 262 g/mol. The lowest BCUT2D eigenvalue weighted by Crippen LogP contribution is -2.19. The van der Waals surface area contributed by atoms with Crippen LogP contribution < -0.4 is 0 Å². The molecule has 19 heavy (non-hydrogen) atoms. The highest BCUT2D eigenvalue weighted by Gasteiger charge is 2.12. The van der Waals surface area contributed by atoms with Crippen molar-refractivity contribution in [1.29, 1.82) is 0 Å². The smallest absolute Gasteiger partial charge is 0.302 e. The van der Waals surface area contributed by atoms with Crippen molar-refractivity contribution in [2.24, 2.45) is 0 Å². The number of unbranched alkanes of at least 4 members (excludes halogenated alkanes) is 4. The number of benzene rings is 1. The fourth-order valence-electron chi connectivity index (χ4n) is 2.29. The molecule has 0 aromatic heterocycles. The van der Waals surface area contributed by atoms with Gasteiger partial charge in [0.25, 0.3) is 0 Å². The third kappa shape index (κ3) is 7.66. The Hall–Kier alpha value is -1.31. The summed E-state index contributed by atoms with van der Waals surface area (Å²) < 4.78 is 5.42. The minimum atomic E-state index is -0.172. The predicted molar refractivity (Wildman–Crippen MR) is 79.1 cm³/mol. The van der Waals surface area contributed by atoms with E-state index in [9.17, 15) is 4.79 Å². The van der Waals surface area contributed by atoms with Crippen LogP contribution in [0.1, 0.15) is 57.9 Å². The Morgan fingerprint density at radius 1 is 1.11 bits per heavy atom. The van der Waals surface area contributed by atoms with E-state index in [1.807, 2.05) is 18.2 Å². The molecule has 1 rings (SSSR count). The molecule has 0 saturated heterocycles. The van der Waals surface area contributed by atoms with Gasteiger partial charge in [-0.05, 0) is 18.4 Å². The normalized spacial score (nSPS) is 12.1. The highest BCUT2D eigenvalue weighted by Crippen LogP contribution is 2.14. The molecule has 1 atom stereocenters. The summed E-state index contributed by atoms with van der Waals surface area (Å²) in [5.74, 6) is -0.172. The van der Waals surface area contributed by atoms with Gasteiger partial charge in [-0.25, -0.2) is 0 Å². The number of hydrogen-bond donors (Lipinski definition) is 0. The Labute approximate surface area is 117 Å². The second-order valence-corrected chi connectivity index (χ2v) is 5.12. The number of carbonyl (C=O) groups excluding carboxylic acids is 1. The molecular formula is C17H26O2. The van der Waals surface area contributed by atoms with Crippen molar-refractivity contribution in [3.63, 3.8) is 0 Å². The maximum Gasteiger partial charge on any atom is 0.302 e. The van der Waals surface area contributed by atoms with E-state index >= 15 is 0 Å². The molecule has 1 aromatic carbocycles. The first-order valence-electron chi connectivity index (χ1n) is 7.43. The molecule has 2 nitrogen and oxygen atoms in total. The van der Waals surface area contributed by atoms with Crippen molar-refractivity contribution in [3.05, 3.63) is 35.9 Å². The van der Waals surface area contributed by atoms with E-state index in [-0.39, 0.29) is 12.1 Å². The van der Waals surface area contributed by atoms with Crippen LogP contribution in [-0.4, -0.2) is 12.1 Å². The summed E-state index contributed by atoms with van der Waals surface area (Å²) in [6.07, 6.45) is 8.06. The SMILES string of the molecule is CCCCCCCC(Cc1ccccc1)OC(C)=O. The Morgan fingerprint density at radius 3 is 2.42 bits per heavy atom. The number of ether oxygens (including phenoxy) is 1. The minimum absolute atomic E-state index is 0.0292. The Morgan fingerprint density at radius 2 is 1.79 bits per heavy atom. The van der Waals surface area contributed by atoms with Crippen molar-refractivity contribution in [3.8, 4) is 0 Å². The molecule has 0 fully saturated rings. The summed E-state index contributed by atoms with van der Waals surface area (Å²) in [4.78, 5) is 11.2. The van der Waals surface area contributed by atoms with Crippen LogP contribution in [0.15, 0.2) is 30.3 Å². The highest BCUT2D eigenvalue weighted by atomic mass is 16.5. The quantitative estimate of drug-likeness (QED) is 0.483. The molecule has 0 radical (unpaired) electrons. The van der Waals surface area contributed by atoms with Crippen molar-refractivity contribution in [1.82, 2.24) is 0 Å². The molecule has 0 saturated carbocycles. The average molecular weight is 262 g/mol. The van der Waals surface area contributed by atoms with Gasteiger partial charge in [0.05, 0.1) is 0 Å². The Kier molecular flexibility index (Phi) is 7.95. The van der Waals surface area contributed by atoms with Crippen LogP contribution in [0.5, 0.6) is 0 Å². The van der Waals surface area contributed by atoms with Crippen LogP contribution in [0.2, 0.25) is 0 Å². The van der Waals surface area contributed by atoms with E-state index in [4.69, 9.17) is 4.74 Å². The first kappa shape index (κ1) is 15.7. The van der Waals surface area contributed by atoms with Gasteiger partial charge in [-0.2, -0.15) is 0 Å². The van der Waals surface area contributed by atoms with Crippen LogP contribution in [0.3, 0.4) is 0 Å². The van der Waals surface area contributed by atoms with Gasteiger partial charge in [0.15, 0.2) is 0 Å². The van der Waals surface area contributed by atoms with Gasteiger partial charge in [-0.15, -0.1) is 0 Å². The second kappa shape index (κ2) is 9.60. The fourth-order valence-corrected chi connectivity index (χ4v) is 2.29. The van der Waals surface area contributed by atoms with Crippen molar-refractivity contribution in [2.75, 3.05) is 0 Å². The summed E-state index contributed by atoms with van der Waals surface area (Å²) in [6, 6.07) is 10.2. The van der Waals surface area contributed by atoms with Crippen molar-refractivity contribution >= 4 is 5.97 Å². The second-order valence-electron chi connectivity index (χ2n) is 5.12. The Balaban J connectivity index is 2.36. The fraction of sp³-hybridized carbons (Fsp3) is 0.588. The largest absolute Gasteiger partial charge is 0.462 e. The zero-order valence-electron chi connectivity index (χ0n) is 12.2. The molecule has 0 bridgehead atoms. The van der Waals surface area contributed by atoms with Gasteiger partial charge in [0, 0.05) is 13.3 Å². The number of carbonyl (C=O) groups is 1. The molecule has 0 aliphatic carbocycles. The summed E-state index contributed by atoms with van der Waals surface area (Å²) >= 11 is 0. The highest BCUT2D eigenvalue weighted by molar-refractivity contribution is 5.66. The van der Waals surface area contributed by atoms with E-state index in [2.05, 4.69) is 19.1 Å². The van der Waals surface area contributed by atoms with E-state index in [0.717, 1.165) is 19.3 Å². The Bertz CT molecular complexity index is 346. The lowest BCUT2D eigenvalue weighted by molar-refractivity contribution is -0.146. The molecular weight excluding hydrogens is 236 g/mol. The van der Waals surface area contributed by atoms with Crippen LogP contribution in [-0.2, 0) is 16.0 Å². The van der Waals surface area contributed by atoms with Gasteiger partial charge in [0.1, 0.15) is 6.10 Å². The lowest BCUT2D eigenvalue weighted by atomic mass is 10.0. The number of esters is 1. The third-order valence-electron chi connectivity index (χ3n) is 3.27. The van der Waals surface area contributed by atoms with E-state index in [0.29, 0.717) is 0 Å². The zero-order valence-corrected chi connectivity index (χ0v) is 12.2. The topological polar surface area (TPSA) is 26.3 Å². The molecule has 0 aliphatic rings. The molecule has 0 N–H and O–H groups in total. The molecule has 2 heteroatoms. The summed E-state index contributed by atoms with van der Waals surface area (Å²) in [5.41, 5.74) is 1.24. The van der Waals surface area contributed by atoms with Crippen molar-refractivity contribution in [2.45, 2.75) is 64.9 Å². The van der Waals surface area contributed by atoms with Crippen molar-refractivity contribution < 1.29 is 9.53 Å². The van der Waals surface area contributed by atoms with E-state index in [1.54, 1.807) is 0 Å². The minimum Gasteiger partial charge on any atom is -0.462 e. The third-order valence-corrected chi connectivity index (χ3v) is 3.27. The predicted octanol–water partition coefficient (Wildman–Crippen LogP) is 4.52. The number of rotatable bonds is 9. The first-order valence-corrected chi connectivity index (χ1v) is 7.43. The summed E-state index contributed by atoms with van der Waals surface area (Å²) in [7, 11) is 0. The van der Waals surface area contributed by atoms with E-state index in [1.165, 1.54) is 38.2 Å². The maximum absolute atomic E-state index is 11.2. The standard InChI is InChI=1S/C17H26O2/c1-3-4-5-6-10-13-17(19-15(2)18)14-16-11-8-7-9-12-16/h7-9,11-12,17H,3-6,10,13-14H2,1-2H3. The lowest BCUT2D eigenvalue weighted by Gasteiger charge is -2.17.